The zero-order valence-corrected chi connectivity index (χ0v) is 12.6. The van der Waals surface area contributed by atoms with Crippen LogP contribution >= 0.6 is 0 Å². The molecule has 118 valence electrons. The molecule has 3 N–H and O–H groups in total. The van der Waals surface area contributed by atoms with Gasteiger partial charge in [0.05, 0.1) is 6.10 Å². The van der Waals surface area contributed by atoms with E-state index in [1.165, 1.54) is 19.3 Å². The molecule has 0 spiro atoms. The molecule has 0 aromatic rings. The van der Waals surface area contributed by atoms with E-state index in [1.807, 2.05) is 6.92 Å². The molecule has 1 aliphatic carbocycles. The van der Waals surface area contributed by atoms with Crippen LogP contribution in [-0.4, -0.2) is 33.4 Å². The van der Waals surface area contributed by atoms with Gasteiger partial charge in [-0.15, -0.1) is 0 Å². The quantitative estimate of drug-likeness (QED) is 0.516. The molecule has 1 unspecified atom stereocenters. The lowest BCUT2D eigenvalue weighted by atomic mass is 9.74. The van der Waals surface area contributed by atoms with Crippen LogP contribution in [0.4, 0.5) is 0 Å². The summed E-state index contributed by atoms with van der Waals surface area (Å²) in [5.41, 5.74) is -1.49. The number of rotatable bonds is 6. The molecule has 1 atom stereocenters. The van der Waals surface area contributed by atoms with Crippen LogP contribution in [0.2, 0.25) is 0 Å². The number of carboxylic acid groups (broad SMARTS) is 2. The first-order chi connectivity index (χ1) is 9.36. The molecule has 5 heteroatoms. The van der Waals surface area contributed by atoms with Crippen molar-refractivity contribution in [3.8, 4) is 0 Å². The Morgan fingerprint density at radius 3 is 1.85 bits per heavy atom. The van der Waals surface area contributed by atoms with Gasteiger partial charge in [0, 0.05) is 0 Å². The second-order valence-electron chi connectivity index (χ2n) is 5.60. The van der Waals surface area contributed by atoms with Gasteiger partial charge in [-0.3, -0.25) is 9.59 Å². The van der Waals surface area contributed by atoms with Crippen molar-refractivity contribution in [2.45, 2.75) is 77.7 Å². The van der Waals surface area contributed by atoms with Crippen LogP contribution in [0.3, 0.4) is 0 Å². The summed E-state index contributed by atoms with van der Waals surface area (Å²) in [5, 5.41) is 26.3. The van der Waals surface area contributed by atoms with Crippen molar-refractivity contribution in [3.05, 3.63) is 0 Å². The van der Waals surface area contributed by atoms with Crippen LogP contribution in [0.15, 0.2) is 0 Å². The fraction of sp³-hybridized carbons (Fsp3) is 0.867. The Balaban J connectivity index is 0.000000396. The summed E-state index contributed by atoms with van der Waals surface area (Å²) in [6.45, 7) is 4.01. The van der Waals surface area contributed by atoms with E-state index in [2.05, 4.69) is 6.92 Å². The Labute approximate surface area is 121 Å². The average Bonchev–Trinajstić information content (AvgIpc) is 2.40. The van der Waals surface area contributed by atoms with Gasteiger partial charge in [0.15, 0.2) is 5.41 Å². The van der Waals surface area contributed by atoms with E-state index in [-0.39, 0.29) is 18.9 Å². The molecule has 1 fully saturated rings. The average molecular weight is 288 g/mol. The SMILES string of the molecule is CCCCCC(C)O.O=C(O)C1(C(=O)O)CCCCC1. The number of aliphatic carboxylic acids is 2. The van der Waals surface area contributed by atoms with Crippen molar-refractivity contribution in [3.63, 3.8) is 0 Å². The van der Waals surface area contributed by atoms with E-state index in [1.54, 1.807) is 0 Å². The van der Waals surface area contributed by atoms with Gasteiger partial charge in [0.2, 0.25) is 0 Å². The van der Waals surface area contributed by atoms with Crippen molar-refractivity contribution in [2.75, 3.05) is 0 Å². The number of carboxylic acids is 2. The zero-order valence-electron chi connectivity index (χ0n) is 12.6. The van der Waals surface area contributed by atoms with Crippen LogP contribution in [0.25, 0.3) is 0 Å². The molecule has 1 rings (SSSR count). The topological polar surface area (TPSA) is 94.8 Å². The summed E-state index contributed by atoms with van der Waals surface area (Å²) < 4.78 is 0. The van der Waals surface area contributed by atoms with Crippen LogP contribution in [0, 0.1) is 5.41 Å². The summed E-state index contributed by atoms with van der Waals surface area (Å²) in [7, 11) is 0. The maximum atomic E-state index is 10.7. The molecule has 0 saturated heterocycles. The smallest absolute Gasteiger partial charge is 0.321 e. The van der Waals surface area contributed by atoms with Gasteiger partial charge in [0.25, 0.3) is 0 Å². The number of aliphatic hydroxyl groups is 1. The van der Waals surface area contributed by atoms with E-state index in [0.717, 1.165) is 12.8 Å². The monoisotopic (exact) mass is 288 g/mol. The molecule has 0 aromatic carbocycles. The third-order valence-electron chi connectivity index (χ3n) is 3.75. The highest BCUT2D eigenvalue weighted by Crippen LogP contribution is 2.36. The van der Waals surface area contributed by atoms with Gasteiger partial charge < -0.3 is 15.3 Å². The third kappa shape index (κ3) is 6.37. The molecule has 1 saturated carbocycles. The van der Waals surface area contributed by atoms with Gasteiger partial charge in [-0.05, 0) is 26.2 Å². The van der Waals surface area contributed by atoms with Gasteiger partial charge in [-0.25, -0.2) is 0 Å². The van der Waals surface area contributed by atoms with Crippen molar-refractivity contribution < 1.29 is 24.9 Å². The predicted octanol–water partition coefficient (Wildman–Crippen LogP) is 3.05. The summed E-state index contributed by atoms with van der Waals surface area (Å²) >= 11 is 0. The first-order valence-corrected chi connectivity index (χ1v) is 7.51. The molecule has 0 radical (unpaired) electrons. The largest absolute Gasteiger partial charge is 0.480 e. The molecule has 0 aromatic heterocycles. The molecule has 0 aliphatic heterocycles. The lowest BCUT2D eigenvalue weighted by Crippen LogP contribution is -2.40. The molecule has 5 nitrogen and oxygen atoms in total. The minimum absolute atomic E-state index is 0.0958. The Morgan fingerprint density at radius 1 is 1.05 bits per heavy atom. The van der Waals surface area contributed by atoms with Gasteiger partial charge in [-0.1, -0.05) is 45.4 Å². The van der Waals surface area contributed by atoms with Crippen LogP contribution in [0.1, 0.15) is 71.6 Å². The maximum absolute atomic E-state index is 10.7. The Morgan fingerprint density at radius 2 is 1.55 bits per heavy atom. The number of hydrogen-bond acceptors (Lipinski definition) is 3. The van der Waals surface area contributed by atoms with E-state index in [0.29, 0.717) is 12.8 Å². The summed E-state index contributed by atoms with van der Waals surface area (Å²) in [5.74, 6) is -2.37. The highest BCUT2D eigenvalue weighted by molar-refractivity contribution is 5.98. The summed E-state index contributed by atoms with van der Waals surface area (Å²) in [6.07, 6.45) is 7.45. The lowest BCUT2D eigenvalue weighted by Gasteiger charge is -2.28. The minimum atomic E-state index is -1.49. The third-order valence-corrected chi connectivity index (χ3v) is 3.75. The van der Waals surface area contributed by atoms with Crippen molar-refractivity contribution in [2.24, 2.45) is 5.41 Å². The van der Waals surface area contributed by atoms with Crippen LogP contribution < -0.4 is 0 Å². The summed E-state index contributed by atoms with van der Waals surface area (Å²) in [4.78, 5) is 21.5. The molecule has 0 bridgehead atoms. The fourth-order valence-corrected chi connectivity index (χ4v) is 2.36. The number of hydrogen-bond donors (Lipinski definition) is 3. The zero-order chi connectivity index (χ0) is 15.6. The highest BCUT2D eigenvalue weighted by Gasteiger charge is 2.46. The summed E-state index contributed by atoms with van der Waals surface area (Å²) in [6, 6.07) is 0. The standard InChI is InChI=1S/C8H12O4.C7H16O/c9-6(10)8(7(11)12)4-2-1-3-5-8;1-3-4-5-6-7(2)8/h1-5H2,(H,9,10)(H,11,12);7-8H,3-6H2,1-2H3. The Bertz CT molecular complexity index is 277. The normalized spacial score (nSPS) is 18.6. The van der Waals surface area contributed by atoms with Crippen LogP contribution in [0.5, 0.6) is 0 Å². The van der Waals surface area contributed by atoms with E-state index >= 15 is 0 Å². The van der Waals surface area contributed by atoms with E-state index < -0.39 is 17.4 Å². The predicted molar refractivity (Wildman–Crippen MR) is 76.6 cm³/mol. The second kappa shape index (κ2) is 9.75. The van der Waals surface area contributed by atoms with E-state index in [9.17, 15) is 9.59 Å². The molecular weight excluding hydrogens is 260 g/mol. The Kier molecular flexibility index (Phi) is 9.21. The highest BCUT2D eigenvalue weighted by atomic mass is 16.4. The number of unbranched alkanes of at least 4 members (excludes halogenated alkanes) is 2. The van der Waals surface area contributed by atoms with Crippen molar-refractivity contribution in [1.82, 2.24) is 0 Å². The van der Waals surface area contributed by atoms with Gasteiger partial charge >= 0.3 is 11.9 Å². The van der Waals surface area contributed by atoms with Crippen molar-refractivity contribution >= 4 is 11.9 Å². The first-order valence-electron chi connectivity index (χ1n) is 7.51. The molecule has 1 aliphatic rings. The number of carbonyl (C=O) groups is 2. The lowest BCUT2D eigenvalue weighted by molar-refractivity contribution is -0.167. The molecule has 20 heavy (non-hydrogen) atoms. The second-order valence-corrected chi connectivity index (χ2v) is 5.60. The Hall–Kier alpha value is -1.10. The van der Waals surface area contributed by atoms with Gasteiger partial charge in [-0.2, -0.15) is 0 Å². The van der Waals surface area contributed by atoms with E-state index in [4.69, 9.17) is 15.3 Å². The molecular formula is C15H28O5. The maximum Gasteiger partial charge on any atom is 0.321 e. The fourth-order valence-electron chi connectivity index (χ4n) is 2.36. The first kappa shape index (κ1) is 18.9. The minimum Gasteiger partial charge on any atom is -0.480 e. The van der Waals surface area contributed by atoms with Crippen LogP contribution in [-0.2, 0) is 9.59 Å². The molecule has 0 amide bonds. The molecule has 0 heterocycles. The van der Waals surface area contributed by atoms with Gasteiger partial charge in [0.1, 0.15) is 0 Å². The number of aliphatic hydroxyl groups excluding tert-OH is 1. The van der Waals surface area contributed by atoms with Crippen molar-refractivity contribution in [1.29, 1.82) is 0 Å².